The van der Waals surface area contributed by atoms with Gasteiger partial charge >= 0.3 is 0 Å². The van der Waals surface area contributed by atoms with Crippen molar-refractivity contribution in [3.8, 4) is 0 Å². The summed E-state index contributed by atoms with van der Waals surface area (Å²) in [6.07, 6.45) is 8.79. The number of nitrogens with one attached hydrogen (secondary N) is 1. The Kier molecular flexibility index (Phi) is 8.31. The van der Waals surface area contributed by atoms with Crippen LogP contribution in [0.15, 0.2) is 4.99 Å². The van der Waals surface area contributed by atoms with Gasteiger partial charge in [-0.25, -0.2) is 0 Å². The maximum Gasteiger partial charge on any atom is 0.156 e. The van der Waals surface area contributed by atoms with E-state index in [9.17, 15) is 0 Å². The molecule has 2 nitrogen and oxygen atoms in total. The second-order valence-corrected chi connectivity index (χ2v) is 8.76. The fraction of sp³-hybridized carbons (Fsp3) is 0.933. The number of nitrogens with zero attached hydrogens (tertiary/aromatic N) is 1. The summed E-state index contributed by atoms with van der Waals surface area (Å²) < 4.78 is 0. The predicted octanol–water partition coefficient (Wildman–Crippen LogP) is 4.41. The summed E-state index contributed by atoms with van der Waals surface area (Å²) in [6, 6.07) is 0. The first-order valence-electron chi connectivity index (χ1n) is 7.45. The van der Waals surface area contributed by atoms with Gasteiger partial charge in [-0.1, -0.05) is 45.4 Å². The van der Waals surface area contributed by atoms with Crippen molar-refractivity contribution in [2.24, 2.45) is 10.4 Å². The van der Waals surface area contributed by atoms with Crippen LogP contribution in [0, 0.1) is 5.41 Å². The van der Waals surface area contributed by atoms with Crippen molar-refractivity contribution in [3.05, 3.63) is 0 Å². The third-order valence-electron chi connectivity index (χ3n) is 3.11. The average molecular weight is 303 g/mol. The van der Waals surface area contributed by atoms with Gasteiger partial charge in [0.2, 0.25) is 0 Å². The van der Waals surface area contributed by atoms with Crippen molar-refractivity contribution in [1.29, 1.82) is 0 Å². The van der Waals surface area contributed by atoms with Crippen LogP contribution in [0.25, 0.3) is 0 Å². The van der Waals surface area contributed by atoms with Crippen molar-refractivity contribution in [3.63, 3.8) is 0 Å². The van der Waals surface area contributed by atoms with E-state index < -0.39 is 0 Å². The van der Waals surface area contributed by atoms with Crippen molar-refractivity contribution < 1.29 is 0 Å². The standard InChI is InChI=1S/C15H30N2S2/c1-15(2,3)11-13-12-17-14(19-13)16-9-7-5-6-8-10-18-4/h13H,5-12H2,1-4H3,(H,16,17). The molecule has 0 amide bonds. The maximum atomic E-state index is 4.61. The van der Waals surface area contributed by atoms with E-state index >= 15 is 0 Å². The lowest BCUT2D eigenvalue weighted by molar-refractivity contribution is 0.375. The lowest BCUT2D eigenvalue weighted by Crippen LogP contribution is -2.21. The molecule has 0 radical (unpaired) electrons. The molecular formula is C15H30N2S2. The molecule has 1 N–H and O–H groups in total. The molecule has 0 bridgehead atoms. The highest BCUT2D eigenvalue weighted by Gasteiger charge is 2.24. The van der Waals surface area contributed by atoms with Crippen LogP contribution in [0.1, 0.15) is 52.9 Å². The molecule has 1 heterocycles. The first-order chi connectivity index (χ1) is 9.01. The van der Waals surface area contributed by atoms with E-state index in [4.69, 9.17) is 0 Å². The average Bonchev–Trinajstić information content (AvgIpc) is 2.73. The third kappa shape index (κ3) is 8.85. The minimum Gasteiger partial charge on any atom is -0.365 e. The summed E-state index contributed by atoms with van der Waals surface area (Å²) in [4.78, 5) is 4.61. The Balaban J connectivity index is 2.00. The largest absolute Gasteiger partial charge is 0.365 e. The number of thioether (sulfide) groups is 2. The molecule has 1 aliphatic heterocycles. The Morgan fingerprint density at radius 1 is 1.26 bits per heavy atom. The number of unbranched alkanes of at least 4 members (excludes halogenated alkanes) is 3. The van der Waals surface area contributed by atoms with Gasteiger partial charge in [0.25, 0.3) is 0 Å². The second-order valence-electron chi connectivity index (χ2n) is 6.48. The van der Waals surface area contributed by atoms with E-state index in [0.29, 0.717) is 10.7 Å². The molecule has 0 saturated heterocycles. The number of aliphatic imine (C=N–C) groups is 1. The summed E-state index contributed by atoms with van der Waals surface area (Å²) in [5.74, 6) is 1.31. The quantitative estimate of drug-likeness (QED) is 0.672. The summed E-state index contributed by atoms with van der Waals surface area (Å²) >= 11 is 3.90. The molecule has 0 aliphatic carbocycles. The summed E-state index contributed by atoms with van der Waals surface area (Å²) in [5.41, 5.74) is 0.417. The highest BCUT2D eigenvalue weighted by molar-refractivity contribution is 8.14. The fourth-order valence-electron chi connectivity index (χ4n) is 2.22. The zero-order valence-corrected chi connectivity index (χ0v) is 14.6. The maximum absolute atomic E-state index is 4.61. The van der Waals surface area contributed by atoms with Gasteiger partial charge in [0.05, 0.1) is 6.54 Å². The van der Waals surface area contributed by atoms with Gasteiger partial charge in [-0.05, 0) is 36.7 Å². The van der Waals surface area contributed by atoms with Crippen LogP contribution in [0.3, 0.4) is 0 Å². The van der Waals surface area contributed by atoms with Crippen LogP contribution < -0.4 is 5.32 Å². The highest BCUT2D eigenvalue weighted by Crippen LogP contribution is 2.31. The van der Waals surface area contributed by atoms with Crippen molar-refractivity contribution in [2.45, 2.75) is 58.1 Å². The van der Waals surface area contributed by atoms with Crippen LogP contribution >= 0.6 is 23.5 Å². The molecule has 1 unspecified atom stereocenters. The topological polar surface area (TPSA) is 24.4 Å². The van der Waals surface area contributed by atoms with Gasteiger partial charge < -0.3 is 5.32 Å². The molecule has 0 saturated carbocycles. The van der Waals surface area contributed by atoms with Crippen LogP contribution in [0.2, 0.25) is 0 Å². The Hall–Kier alpha value is 0.170. The number of hydrogen-bond acceptors (Lipinski definition) is 4. The first kappa shape index (κ1) is 17.2. The van der Waals surface area contributed by atoms with Crippen molar-refractivity contribution in [2.75, 3.05) is 25.1 Å². The van der Waals surface area contributed by atoms with Gasteiger partial charge in [-0.2, -0.15) is 11.8 Å². The number of amidine groups is 1. The minimum absolute atomic E-state index is 0.417. The van der Waals surface area contributed by atoms with Gasteiger partial charge in [-0.3, -0.25) is 4.99 Å². The van der Waals surface area contributed by atoms with Gasteiger partial charge in [-0.15, -0.1) is 0 Å². The van der Waals surface area contributed by atoms with E-state index in [1.165, 1.54) is 43.0 Å². The number of rotatable bonds is 8. The minimum atomic E-state index is 0.417. The van der Waals surface area contributed by atoms with Gasteiger partial charge in [0, 0.05) is 11.8 Å². The molecule has 4 heteroatoms. The predicted molar refractivity (Wildman–Crippen MR) is 92.6 cm³/mol. The van der Waals surface area contributed by atoms with E-state index in [1.807, 2.05) is 23.5 Å². The first-order valence-corrected chi connectivity index (χ1v) is 9.72. The van der Waals surface area contributed by atoms with Crippen LogP contribution in [-0.2, 0) is 0 Å². The van der Waals surface area contributed by atoms with Gasteiger partial charge in [0.15, 0.2) is 5.17 Å². The molecule has 1 rings (SSSR count). The molecule has 0 fully saturated rings. The third-order valence-corrected chi connectivity index (χ3v) is 4.95. The summed E-state index contributed by atoms with van der Waals surface area (Å²) in [5, 5.41) is 5.36. The molecule has 0 aromatic heterocycles. The zero-order valence-electron chi connectivity index (χ0n) is 13.0. The lowest BCUT2D eigenvalue weighted by atomic mass is 9.90. The number of hydrogen-bond donors (Lipinski definition) is 1. The summed E-state index contributed by atoms with van der Waals surface area (Å²) in [6.45, 7) is 9.03. The van der Waals surface area contributed by atoms with Crippen molar-refractivity contribution in [1.82, 2.24) is 5.32 Å². The molecule has 0 spiro atoms. The second kappa shape index (κ2) is 9.17. The zero-order chi connectivity index (χ0) is 14.1. The lowest BCUT2D eigenvalue weighted by Gasteiger charge is -2.21. The van der Waals surface area contributed by atoms with E-state index in [0.717, 1.165) is 13.1 Å². The molecule has 112 valence electrons. The SMILES string of the molecule is CSCCCCCCNC1=NCC(CC(C)(C)C)S1. The molecule has 1 aliphatic rings. The Labute approximate surface area is 128 Å². The van der Waals surface area contributed by atoms with Crippen LogP contribution in [-0.4, -0.2) is 35.5 Å². The van der Waals surface area contributed by atoms with E-state index in [-0.39, 0.29) is 0 Å². The fourth-order valence-corrected chi connectivity index (χ4v) is 4.10. The van der Waals surface area contributed by atoms with E-state index in [2.05, 4.69) is 37.3 Å². The molecule has 19 heavy (non-hydrogen) atoms. The molecule has 0 aromatic carbocycles. The van der Waals surface area contributed by atoms with Crippen LogP contribution in [0.4, 0.5) is 0 Å². The summed E-state index contributed by atoms with van der Waals surface area (Å²) in [7, 11) is 0. The van der Waals surface area contributed by atoms with E-state index in [1.54, 1.807) is 0 Å². The normalized spacial score (nSPS) is 19.6. The highest BCUT2D eigenvalue weighted by atomic mass is 32.2. The van der Waals surface area contributed by atoms with Crippen molar-refractivity contribution >= 4 is 28.7 Å². The Bertz CT molecular complexity index is 272. The molecule has 0 aromatic rings. The monoisotopic (exact) mass is 302 g/mol. The molecule has 1 atom stereocenters. The Morgan fingerprint density at radius 2 is 2.00 bits per heavy atom. The molecular weight excluding hydrogens is 272 g/mol. The van der Waals surface area contributed by atoms with Crippen LogP contribution in [0.5, 0.6) is 0 Å². The van der Waals surface area contributed by atoms with Gasteiger partial charge in [0.1, 0.15) is 0 Å². The Morgan fingerprint density at radius 3 is 2.68 bits per heavy atom. The smallest absolute Gasteiger partial charge is 0.156 e.